The molecule has 0 aliphatic heterocycles. The van der Waals surface area contributed by atoms with Gasteiger partial charge in [0, 0.05) is 0 Å². The standard InChI is InChI=1S/C7H9N3S/c1-3-6-5(2)9-7-10(6)8-4-11-7/h4H,3H2,1-2H3. The highest BCUT2D eigenvalue weighted by atomic mass is 32.1. The molecule has 0 aromatic carbocycles. The van der Waals surface area contributed by atoms with E-state index < -0.39 is 0 Å². The third kappa shape index (κ3) is 0.860. The third-order valence-corrected chi connectivity index (χ3v) is 2.45. The van der Waals surface area contributed by atoms with E-state index in [0.717, 1.165) is 17.1 Å². The van der Waals surface area contributed by atoms with E-state index in [1.54, 1.807) is 11.3 Å². The molecule has 0 atom stereocenters. The summed E-state index contributed by atoms with van der Waals surface area (Å²) in [6.07, 6.45) is 0.997. The quantitative estimate of drug-likeness (QED) is 0.646. The van der Waals surface area contributed by atoms with Gasteiger partial charge in [0.1, 0.15) is 5.51 Å². The van der Waals surface area contributed by atoms with Crippen molar-refractivity contribution in [3.63, 3.8) is 0 Å². The van der Waals surface area contributed by atoms with Crippen molar-refractivity contribution in [2.24, 2.45) is 0 Å². The molecular formula is C7H9N3S. The summed E-state index contributed by atoms with van der Waals surface area (Å²) in [6, 6.07) is 0. The Kier molecular flexibility index (Phi) is 1.42. The largest absolute Gasteiger partial charge is 0.223 e. The van der Waals surface area contributed by atoms with E-state index in [0.29, 0.717) is 0 Å². The zero-order chi connectivity index (χ0) is 7.84. The van der Waals surface area contributed by atoms with E-state index in [2.05, 4.69) is 17.0 Å². The van der Waals surface area contributed by atoms with E-state index in [1.807, 2.05) is 16.9 Å². The molecule has 0 fully saturated rings. The minimum atomic E-state index is 0.997. The predicted molar refractivity (Wildman–Crippen MR) is 45.0 cm³/mol. The molecule has 0 aliphatic rings. The highest BCUT2D eigenvalue weighted by molar-refractivity contribution is 7.14. The fraction of sp³-hybridized carbons (Fsp3) is 0.429. The molecule has 2 heterocycles. The summed E-state index contributed by atoms with van der Waals surface area (Å²) < 4.78 is 1.92. The lowest BCUT2D eigenvalue weighted by molar-refractivity contribution is 0.873. The van der Waals surface area contributed by atoms with E-state index in [1.165, 1.54) is 5.69 Å². The molecule has 4 heteroatoms. The molecule has 0 unspecified atom stereocenters. The lowest BCUT2D eigenvalue weighted by Crippen LogP contribution is -1.91. The van der Waals surface area contributed by atoms with Crippen molar-refractivity contribution in [3.8, 4) is 0 Å². The van der Waals surface area contributed by atoms with Gasteiger partial charge < -0.3 is 0 Å². The normalized spacial score (nSPS) is 11.1. The molecule has 2 rings (SSSR count). The lowest BCUT2D eigenvalue weighted by Gasteiger charge is -1.91. The Bertz CT molecular complexity index is 374. The van der Waals surface area contributed by atoms with Gasteiger partial charge in [-0.3, -0.25) is 0 Å². The number of hydrogen-bond acceptors (Lipinski definition) is 3. The number of aryl methyl sites for hydroxylation is 2. The smallest absolute Gasteiger partial charge is 0.212 e. The molecule has 3 nitrogen and oxygen atoms in total. The van der Waals surface area contributed by atoms with Crippen LogP contribution >= 0.6 is 11.3 Å². The van der Waals surface area contributed by atoms with Crippen LogP contribution in [0.25, 0.3) is 4.96 Å². The zero-order valence-electron chi connectivity index (χ0n) is 6.53. The second kappa shape index (κ2) is 2.30. The summed E-state index contributed by atoms with van der Waals surface area (Å²) in [4.78, 5) is 5.36. The van der Waals surface area contributed by atoms with Crippen LogP contribution in [0.3, 0.4) is 0 Å². The summed E-state index contributed by atoms with van der Waals surface area (Å²) in [5.41, 5.74) is 4.15. The molecule has 0 radical (unpaired) electrons. The van der Waals surface area contributed by atoms with Gasteiger partial charge in [-0.2, -0.15) is 5.10 Å². The number of aromatic nitrogens is 3. The van der Waals surface area contributed by atoms with Crippen LogP contribution in [-0.2, 0) is 6.42 Å². The summed E-state index contributed by atoms with van der Waals surface area (Å²) in [6.45, 7) is 4.15. The van der Waals surface area contributed by atoms with Gasteiger partial charge in [-0.1, -0.05) is 18.3 Å². The summed E-state index contributed by atoms with van der Waals surface area (Å²) >= 11 is 1.58. The molecule has 0 saturated carbocycles. The second-order valence-corrected chi connectivity index (χ2v) is 3.24. The monoisotopic (exact) mass is 167 g/mol. The first-order valence-corrected chi connectivity index (χ1v) is 4.48. The highest BCUT2D eigenvalue weighted by Crippen LogP contribution is 2.14. The number of hydrogen-bond donors (Lipinski definition) is 0. The van der Waals surface area contributed by atoms with Gasteiger partial charge in [0.2, 0.25) is 4.96 Å². The van der Waals surface area contributed by atoms with Gasteiger partial charge in [0.25, 0.3) is 0 Å². The minimum Gasteiger partial charge on any atom is -0.223 e. The van der Waals surface area contributed by atoms with Gasteiger partial charge in [0.15, 0.2) is 0 Å². The Morgan fingerprint density at radius 1 is 1.64 bits per heavy atom. The molecular weight excluding hydrogens is 158 g/mol. The lowest BCUT2D eigenvalue weighted by atomic mass is 10.3. The number of fused-ring (bicyclic) bond motifs is 1. The molecule has 58 valence electrons. The zero-order valence-corrected chi connectivity index (χ0v) is 7.35. The van der Waals surface area contributed by atoms with Crippen molar-refractivity contribution in [1.29, 1.82) is 0 Å². The molecule has 2 aromatic rings. The maximum Gasteiger partial charge on any atom is 0.212 e. The molecule has 0 bridgehead atoms. The first-order chi connectivity index (χ1) is 5.33. The second-order valence-electron chi connectivity index (χ2n) is 2.43. The molecule has 0 aliphatic carbocycles. The predicted octanol–water partition coefficient (Wildman–Crippen LogP) is 1.66. The average Bonchev–Trinajstić information content (AvgIpc) is 2.46. The van der Waals surface area contributed by atoms with Crippen molar-refractivity contribution in [1.82, 2.24) is 14.6 Å². The van der Waals surface area contributed by atoms with Gasteiger partial charge in [-0.05, 0) is 13.3 Å². The number of nitrogens with zero attached hydrogens (tertiary/aromatic N) is 3. The van der Waals surface area contributed by atoms with Crippen molar-refractivity contribution in [3.05, 3.63) is 16.9 Å². The first kappa shape index (κ1) is 6.79. The number of rotatable bonds is 1. The van der Waals surface area contributed by atoms with Crippen molar-refractivity contribution < 1.29 is 0 Å². The molecule has 0 amide bonds. The summed E-state index contributed by atoms with van der Waals surface area (Å²) in [7, 11) is 0. The highest BCUT2D eigenvalue weighted by Gasteiger charge is 2.07. The molecule has 11 heavy (non-hydrogen) atoms. The van der Waals surface area contributed by atoms with Crippen LogP contribution in [0.2, 0.25) is 0 Å². The van der Waals surface area contributed by atoms with Crippen LogP contribution in [0.4, 0.5) is 0 Å². The SMILES string of the molecule is CCc1c(C)nc2scnn12. The maximum absolute atomic E-state index is 4.36. The Morgan fingerprint density at radius 3 is 3.18 bits per heavy atom. The van der Waals surface area contributed by atoms with Gasteiger partial charge in [-0.25, -0.2) is 9.50 Å². The van der Waals surface area contributed by atoms with Gasteiger partial charge >= 0.3 is 0 Å². The molecule has 0 spiro atoms. The van der Waals surface area contributed by atoms with Crippen LogP contribution in [0.15, 0.2) is 5.51 Å². The molecule has 0 saturated heterocycles. The van der Waals surface area contributed by atoms with Crippen LogP contribution in [0.1, 0.15) is 18.3 Å². The van der Waals surface area contributed by atoms with E-state index in [-0.39, 0.29) is 0 Å². The molecule has 0 N–H and O–H groups in total. The fourth-order valence-electron chi connectivity index (χ4n) is 1.24. The Hall–Kier alpha value is -0.900. The minimum absolute atomic E-state index is 0.997. The van der Waals surface area contributed by atoms with Crippen LogP contribution in [0.5, 0.6) is 0 Å². The topological polar surface area (TPSA) is 30.2 Å². The fourth-order valence-corrected chi connectivity index (χ4v) is 1.93. The van der Waals surface area contributed by atoms with Crippen LogP contribution < -0.4 is 0 Å². The molecule has 2 aromatic heterocycles. The number of imidazole rings is 1. The first-order valence-electron chi connectivity index (χ1n) is 3.60. The maximum atomic E-state index is 4.36. The van der Waals surface area contributed by atoms with Crippen molar-refractivity contribution in [2.45, 2.75) is 20.3 Å². The van der Waals surface area contributed by atoms with Crippen molar-refractivity contribution >= 4 is 16.3 Å². The Balaban J connectivity index is 2.80. The van der Waals surface area contributed by atoms with E-state index in [9.17, 15) is 0 Å². The summed E-state index contributed by atoms with van der Waals surface area (Å²) in [5.74, 6) is 0. The van der Waals surface area contributed by atoms with Gasteiger partial charge in [-0.15, -0.1) is 0 Å². The van der Waals surface area contributed by atoms with E-state index in [4.69, 9.17) is 0 Å². The third-order valence-electron chi connectivity index (χ3n) is 1.77. The van der Waals surface area contributed by atoms with Gasteiger partial charge in [0.05, 0.1) is 11.4 Å². The van der Waals surface area contributed by atoms with Crippen LogP contribution in [0, 0.1) is 6.92 Å². The van der Waals surface area contributed by atoms with Crippen LogP contribution in [-0.4, -0.2) is 14.6 Å². The summed E-state index contributed by atoms with van der Waals surface area (Å²) in [5, 5.41) is 4.18. The Morgan fingerprint density at radius 2 is 2.45 bits per heavy atom. The average molecular weight is 167 g/mol. The Labute approximate surface area is 68.7 Å². The van der Waals surface area contributed by atoms with Crippen molar-refractivity contribution in [2.75, 3.05) is 0 Å². The van der Waals surface area contributed by atoms with E-state index >= 15 is 0 Å².